The number of hydrogen-bond acceptors (Lipinski definition) is 5. The van der Waals surface area contributed by atoms with E-state index in [1.807, 2.05) is 11.8 Å². The molecule has 0 N–H and O–H groups in total. The van der Waals surface area contributed by atoms with Crippen LogP contribution in [0.1, 0.15) is 30.1 Å². The third-order valence-electron chi connectivity index (χ3n) is 4.37. The van der Waals surface area contributed by atoms with Gasteiger partial charge in [-0.3, -0.25) is 9.59 Å². The smallest absolute Gasteiger partial charge is 0.261 e. The number of nitrogens with zero attached hydrogens (tertiary/aromatic N) is 2. The van der Waals surface area contributed by atoms with Crippen molar-refractivity contribution in [3.8, 4) is 17.2 Å². The lowest BCUT2D eigenvalue weighted by atomic mass is 10.1. The maximum Gasteiger partial charge on any atom is 0.261 e. The van der Waals surface area contributed by atoms with Crippen molar-refractivity contribution in [3.63, 3.8) is 0 Å². The number of benzene rings is 1. The van der Waals surface area contributed by atoms with Crippen molar-refractivity contribution < 1.29 is 23.8 Å². The summed E-state index contributed by atoms with van der Waals surface area (Å²) in [5, 5.41) is 0. The first-order chi connectivity index (χ1) is 12.0. The van der Waals surface area contributed by atoms with E-state index in [1.165, 1.54) is 14.2 Å². The molecule has 1 heterocycles. The molecule has 1 fully saturated rings. The van der Waals surface area contributed by atoms with Crippen LogP contribution in [0.25, 0.3) is 0 Å². The molecule has 2 rings (SSSR count). The molecule has 0 radical (unpaired) electrons. The molecule has 138 valence electrons. The standard InChI is InChI=1S/C18H26N2O5/c1-5-16(21)19-7-6-8-20(10-9-19)18(22)17-14(24-3)11-13(23-2)12-15(17)25-4/h11-12H,5-10H2,1-4H3. The van der Waals surface area contributed by atoms with Crippen molar-refractivity contribution in [2.24, 2.45) is 0 Å². The minimum Gasteiger partial charge on any atom is -0.496 e. The number of methoxy groups -OCH3 is 3. The van der Waals surface area contributed by atoms with Gasteiger partial charge in [0.2, 0.25) is 5.91 Å². The van der Waals surface area contributed by atoms with E-state index in [1.54, 1.807) is 24.1 Å². The fourth-order valence-corrected chi connectivity index (χ4v) is 2.97. The fraction of sp³-hybridized carbons (Fsp3) is 0.556. The van der Waals surface area contributed by atoms with Gasteiger partial charge in [-0.05, 0) is 6.42 Å². The highest BCUT2D eigenvalue weighted by Crippen LogP contribution is 2.35. The lowest BCUT2D eigenvalue weighted by molar-refractivity contribution is -0.130. The number of carbonyl (C=O) groups excluding carboxylic acids is 2. The van der Waals surface area contributed by atoms with Crippen molar-refractivity contribution in [2.45, 2.75) is 19.8 Å². The molecule has 0 saturated carbocycles. The van der Waals surface area contributed by atoms with Gasteiger partial charge in [0, 0.05) is 44.7 Å². The molecular formula is C18H26N2O5. The second-order valence-corrected chi connectivity index (χ2v) is 5.79. The third kappa shape index (κ3) is 4.15. The van der Waals surface area contributed by atoms with Crippen LogP contribution >= 0.6 is 0 Å². The van der Waals surface area contributed by atoms with Crippen LogP contribution in [0.5, 0.6) is 17.2 Å². The zero-order chi connectivity index (χ0) is 18.4. The normalized spacial score (nSPS) is 14.7. The van der Waals surface area contributed by atoms with E-state index in [4.69, 9.17) is 14.2 Å². The summed E-state index contributed by atoms with van der Waals surface area (Å²) in [6, 6.07) is 3.33. The Morgan fingerprint density at radius 3 is 2.00 bits per heavy atom. The minimum absolute atomic E-state index is 0.119. The zero-order valence-corrected chi connectivity index (χ0v) is 15.3. The van der Waals surface area contributed by atoms with Crippen molar-refractivity contribution in [1.82, 2.24) is 9.80 Å². The molecule has 7 heteroatoms. The topological polar surface area (TPSA) is 68.3 Å². The van der Waals surface area contributed by atoms with E-state index >= 15 is 0 Å². The Balaban J connectivity index is 2.26. The molecule has 0 aliphatic carbocycles. The number of carbonyl (C=O) groups is 2. The molecule has 0 aromatic heterocycles. The van der Waals surface area contributed by atoms with Gasteiger partial charge >= 0.3 is 0 Å². The molecule has 0 atom stereocenters. The third-order valence-corrected chi connectivity index (χ3v) is 4.37. The van der Waals surface area contributed by atoms with Crippen molar-refractivity contribution in [3.05, 3.63) is 17.7 Å². The average molecular weight is 350 g/mol. The molecule has 25 heavy (non-hydrogen) atoms. The van der Waals surface area contributed by atoms with Gasteiger partial charge in [0.05, 0.1) is 21.3 Å². The SMILES string of the molecule is CCC(=O)N1CCCN(C(=O)c2c(OC)cc(OC)cc2OC)CC1. The Kier molecular flexibility index (Phi) is 6.50. The fourth-order valence-electron chi connectivity index (χ4n) is 2.97. The van der Waals surface area contributed by atoms with Crippen LogP contribution in [0, 0.1) is 0 Å². The van der Waals surface area contributed by atoms with Gasteiger partial charge in [-0.25, -0.2) is 0 Å². The van der Waals surface area contributed by atoms with E-state index < -0.39 is 0 Å². The van der Waals surface area contributed by atoms with E-state index in [-0.39, 0.29) is 11.8 Å². The van der Waals surface area contributed by atoms with E-state index in [0.29, 0.717) is 55.4 Å². The van der Waals surface area contributed by atoms with Crippen molar-refractivity contribution in [1.29, 1.82) is 0 Å². The Bertz CT molecular complexity index is 607. The molecule has 0 spiro atoms. The van der Waals surface area contributed by atoms with Crippen molar-refractivity contribution in [2.75, 3.05) is 47.5 Å². The van der Waals surface area contributed by atoms with Crippen LogP contribution in [0.3, 0.4) is 0 Å². The van der Waals surface area contributed by atoms with Crippen LogP contribution in [0.4, 0.5) is 0 Å². The van der Waals surface area contributed by atoms with E-state index in [2.05, 4.69) is 0 Å². The van der Waals surface area contributed by atoms with E-state index in [0.717, 1.165) is 6.42 Å². The quantitative estimate of drug-likeness (QED) is 0.810. The number of ether oxygens (including phenoxy) is 3. The second-order valence-electron chi connectivity index (χ2n) is 5.79. The Hall–Kier alpha value is -2.44. The van der Waals surface area contributed by atoms with Crippen LogP contribution in [0.15, 0.2) is 12.1 Å². The van der Waals surface area contributed by atoms with Gasteiger partial charge in [-0.15, -0.1) is 0 Å². The lowest BCUT2D eigenvalue weighted by Crippen LogP contribution is -2.37. The first-order valence-electron chi connectivity index (χ1n) is 8.42. The monoisotopic (exact) mass is 350 g/mol. The predicted molar refractivity (Wildman–Crippen MR) is 93.5 cm³/mol. The Morgan fingerprint density at radius 1 is 0.920 bits per heavy atom. The summed E-state index contributed by atoms with van der Waals surface area (Å²) in [6.45, 7) is 4.14. The van der Waals surface area contributed by atoms with Gasteiger partial charge in [0.15, 0.2) is 0 Å². The zero-order valence-electron chi connectivity index (χ0n) is 15.3. The van der Waals surface area contributed by atoms with Gasteiger partial charge in [-0.2, -0.15) is 0 Å². The number of amides is 2. The maximum atomic E-state index is 13.1. The number of rotatable bonds is 5. The summed E-state index contributed by atoms with van der Waals surface area (Å²) in [6.07, 6.45) is 1.23. The van der Waals surface area contributed by atoms with Gasteiger partial charge in [0.1, 0.15) is 22.8 Å². The number of hydrogen-bond donors (Lipinski definition) is 0. The summed E-state index contributed by atoms with van der Waals surface area (Å²) in [4.78, 5) is 28.5. The lowest BCUT2D eigenvalue weighted by Gasteiger charge is -2.24. The Labute approximate surface area is 148 Å². The molecule has 0 unspecified atom stereocenters. The maximum absolute atomic E-state index is 13.1. The molecule has 1 aromatic carbocycles. The molecule has 0 bridgehead atoms. The van der Waals surface area contributed by atoms with Crippen LogP contribution < -0.4 is 14.2 Å². The largest absolute Gasteiger partial charge is 0.496 e. The molecular weight excluding hydrogens is 324 g/mol. The molecule has 1 aliphatic heterocycles. The first-order valence-corrected chi connectivity index (χ1v) is 8.42. The summed E-state index contributed by atoms with van der Waals surface area (Å²) in [5.41, 5.74) is 0.376. The molecule has 1 saturated heterocycles. The summed E-state index contributed by atoms with van der Waals surface area (Å²) in [7, 11) is 4.56. The van der Waals surface area contributed by atoms with Crippen LogP contribution in [-0.2, 0) is 4.79 Å². The van der Waals surface area contributed by atoms with Gasteiger partial charge in [0.25, 0.3) is 5.91 Å². The highest BCUT2D eigenvalue weighted by molar-refractivity contribution is 6.00. The van der Waals surface area contributed by atoms with Gasteiger partial charge in [-0.1, -0.05) is 6.92 Å². The average Bonchev–Trinajstić information content (AvgIpc) is 2.91. The summed E-state index contributed by atoms with van der Waals surface area (Å²) < 4.78 is 16.0. The molecule has 7 nitrogen and oxygen atoms in total. The van der Waals surface area contributed by atoms with E-state index in [9.17, 15) is 9.59 Å². The predicted octanol–water partition coefficient (Wildman–Crippen LogP) is 1.80. The summed E-state index contributed by atoms with van der Waals surface area (Å²) >= 11 is 0. The van der Waals surface area contributed by atoms with Crippen molar-refractivity contribution >= 4 is 11.8 Å². The molecule has 1 aliphatic rings. The van der Waals surface area contributed by atoms with Gasteiger partial charge < -0.3 is 24.0 Å². The van der Waals surface area contributed by atoms with Crippen LogP contribution in [-0.4, -0.2) is 69.1 Å². The second kappa shape index (κ2) is 8.60. The highest BCUT2D eigenvalue weighted by Gasteiger charge is 2.27. The highest BCUT2D eigenvalue weighted by atomic mass is 16.5. The van der Waals surface area contributed by atoms with Crippen LogP contribution in [0.2, 0.25) is 0 Å². The Morgan fingerprint density at radius 2 is 1.48 bits per heavy atom. The summed E-state index contributed by atoms with van der Waals surface area (Å²) in [5.74, 6) is 1.33. The molecule has 1 aromatic rings. The minimum atomic E-state index is -0.165. The molecule has 2 amide bonds. The first kappa shape index (κ1) is 18.9.